The average molecular weight is 476 g/mol. The number of hydrogen-bond donors (Lipinski definition) is 0. The van der Waals surface area contributed by atoms with Gasteiger partial charge < -0.3 is 0 Å². The maximum Gasteiger partial charge on any atom is 0.124 e. The van der Waals surface area contributed by atoms with Crippen molar-refractivity contribution in [1.29, 1.82) is 10.5 Å². The largest absolute Gasteiger partial charge is 0.292 e. The first-order valence-corrected chi connectivity index (χ1v) is 11.5. The van der Waals surface area contributed by atoms with Crippen LogP contribution >= 0.6 is 11.6 Å². The van der Waals surface area contributed by atoms with Crippen LogP contribution in [0.1, 0.15) is 53.6 Å². The van der Waals surface area contributed by atoms with Gasteiger partial charge in [0.2, 0.25) is 0 Å². The average Bonchev–Trinajstić information content (AvgIpc) is 2.77. The predicted molar refractivity (Wildman–Crippen MR) is 129 cm³/mol. The Balaban J connectivity index is 1.66. The van der Waals surface area contributed by atoms with Gasteiger partial charge in [0.15, 0.2) is 0 Å². The molecule has 0 N–H and O–H groups in total. The molecular formula is C28H24ClF2N3. The molecule has 1 aliphatic rings. The number of halogens is 3. The van der Waals surface area contributed by atoms with Crippen molar-refractivity contribution >= 4 is 11.6 Å². The lowest BCUT2D eigenvalue weighted by atomic mass is 9.72. The number of hydrogen-bond acceptors (Lipinski definition) is 3. The summed E-state index contributed by atoms with van der Waals surface area (Å²) in [5, 5.41) is 19.3. The number of alkyl halides is 1. The highest BCUT2D eigenvalue weighted by Gasteiger charge is 2.45. The fraction of sp³-hybridized carbons (Fsp3) is 0.286. The van der Waals surface area contributed by atoms with Crippen molar-refractivity contribution in [2.24, 2.45) is 5.92 Å². The molecule has 1 aliphatic heterocycles. The van der Waals surface area contributed by atoms with Gasteiger partial charge in [-0.25, -0.2) is 8.78 Å². The third-order valence-corrected chi connectivity index (χ3v) is 6.69. The van der Waals surface area contributed by atoms with Gasteiger partial charge >= 0.3 is 0 Å². The Kier molecular flexibility index (Phi) is 6.71. The second-order valence-corrected chi connectivity index (χ2v) is 9.77. The molecule has 3 nitrogen and oxygen atoms in total. The first-order valence-electron chi connectivity index (χ1n) is 11.1. The molecule has 0 radical (unpaired) electrons. The zero-order valence-electron chi connectivity index (χ0n) is 19.0. The smallest absolute Gasteiger partial charge is 0.124 e. The molecule has 0 aromatic heterocycles. The van der Waals surface area contributed by atoms with E-state index in [9.17, 15) is 14.9 Å². The maximum absolute atomic E-state index is 15.4. The van der Waals surface area contributed by atoms with Crippen LogP contribution in [0.3, 0.4) is 0 Å². The van der Waals surface area contributed by atoms with Crippen molar-refractivity contribution in [2.75, 3.05) is 13.1 Å². The van der Waals surface area contributed by atoms with E-state index in [1.54, 1.807) is 12.1 Å². The highest BCUT2D eigenvalue weighted by Crippen LogP contribution is 2.45. The minimum atomic E-state index is -1.60. The summed E-state index contributed by atoms with van der Waals surface area (Å²) in [7, 11) is 0. The molecule has 34 heavy (non-hydrogen) atoms. The standard InChI is InChI=1S/C28H24ClF2N3/c1-28(2,31)26(22-11-19(15-33)12-25(30)13-22)23-16-34(17-23)27(20-6-8-24(29)9-7-20)21-5-3-4-18(10-21)14-32/h3-13,23,26-27H,16-17H2,1-2H3/t26-,27+/m0/s1. The van der Waals surface area contributed by atoms with Crippen molar-refractivity contribution in [3.05, 3.63) is 105 Å². The van der Waals surface area contributed by atoms with E-state index in [0.717, 1.165) is 17.2 Å². The third kappa shape index (κ3) is 4.97. The molecule has 0 amide bonds. The Morgan fingerprint density at radius 2 is 1.56 bits per heavy atom. The Bertz CT molecular complexity index is 1260. The van der Waals surface area contributed by atoms with Crippen LogP contribution in [0, 0.1) is 34.4 Å². The van der Waals surface area contributed by atoms with Crippen molar-refractivity contribution in [3.63, 3.8) is 0 Å². The van der Waals surface area contributed by atoms with E-state index < -0.39 is 17.4 Å². The van der Waals surface area contributed by atoms with E-state index in [1.165, 1.54) is 19.9 Å². The van der Waals surface area contributed by atoms with E-state index in [4.69, 9.17) is 11.6 Å². The minimum Gasteiger partial charge on any atom is -0.292 e. The normalized spacial score (nSPS) is 16.2. The fourth-order valence-electron chi connectivity index (χ4n) is 5.09. The van der Waals surface area contributed by atoms with E-state index >= 15 is 4.39 Å². The van der Waals surface area contributed by atoms with Crippen LogP contribution in [0.2, 0.25) is 5.02 Å². The summed E-state index contributed by atoms with van der Waals surface area (Å²) in [4.78, 5) is 2.23. The third-order valence-electron chi connectivity index (χ3n) is 6.44. The molecule has 0 aliphatic carbocycles. The molecule has 0 spiro atoms. The van der Waals surface area contributed by atoms with Gasteiger partial charge in [0, 0.05) is 24.0 Å². The van der Waals surface area contributed by atoms with Crippen LogP contribution in [0.15, 0.2) is 66.7 Å². The van der Waals surface area contributed by atoms with Crippen LogP contribution in [0.5, 0.6) is 0 Å². The maximum atomic E-state index is 15.4. The summed E-state index contributed by atoms with van der Waals surface area (Å²) in [6, 6.07) is 23.2. The Labute approximate surface area is 203 Å². The lowest BCUT2D eigenvalue weighted by Gasteiger charge is -2.50. The number of nitriles is 2. The van der Waals surface area contributed by atoms with Crippen LogP contribution in [0.4, 0.5) is 8.78 Å². The van der Waals surface area contributed by atoms with Gasteiger partial charge in [-0.05, 0) is 78.9 Å². The van der Waals surface area contributed by atoms with Crippen molar-refractivity contribution in [1.82, 2.24) is 4.90 Å². The van der Waals surface area contributed by atoms with Gasteiger partial charge in [0.25, 0.3) is 0 Å². The van der Waals surface area contributed by atoms with Crippen molar-refractivity contribution in [2.45, 2.75) is 31.5 Å². The minimum absolute atomic E-state index is 0.0673. The van der Waals surface area contributed by atoms with Gasteiger partial charge in [-0.1, -0.05) is 35.9 Å². The Morgan fingerprint density at radius 3 is 2.18 bits per heavy atom. The zero-order chi connectivity index (χ0) is 24.5. The van der Waals surface area contributed by atoms with Crippen molar-refractivity contribution in [3.8, 4) is 12.1 Å². The van der Waals surface area contributed by atoms with Gasteiger partial charge in [0.1, 0.15) is 11.5 Å². The monoisotopic (exact) mass is 475 g/mol. The molecule has 1 heterocycles. The van der Waals surface area contributed by atoms with Crippen LogP contribution < -0.4 is 0 Å². The topological polar surface area (TPSA) is 50.8 Å². The quantitative estimate of drug-likeness (QED) is 0.395. The molecule has 1 fully saturated rings. The van der Waals surface area contributed by atoms with Gasteiger partial charge in [0.05, 0.1) is 29.3 Å². The van der Waals surface area contributed by atoms with E-state index in [1.807, 2.05) is 48.5 Å². The lowest BCUT2D eigenvalue weighted by molar-refractivity contribution is 0.00812. The second-order valence-electron chi connectivity index (χ2n) is 9.33. The molecule has 0 saturated carbocycles. The Hall–Kier alpha value is -3.25. The number of benzene rings is 3. The summed E-state index contributed by atoms with van der Waals surface area (Å²) >= 11 is 6.11. The number of likely N-dealkylation sites (tertiary alicyclic amines) is 1. The van der Waals surface area contributed by atoms with Gasteiger partial charge in [-0.15, -0.1) is 0 Å². The molecule has 0 unspecified atom stereocenters. The van der Waals surface area contributed by atoms with Crippen molar-refractivity contribution < 1.29 is 8.78 Å². The van der Waals surface area contributed by atoms with Gasteiger partial charge in [-0.2, -0.15) is 10.5 Å². The molecule has 0 bridgehead atoms. The summed E-state index contributed by atoms with van der Waals surface area (Å²) in [6.07, 6.45) is 0. The molecule has 3 aromatic rings. The van der Waals surface area contributed by atoms with E-state index in [-0.39, 0.29) is 17.5 Å². The molecule has 6 heteroatoms. The SMILES string of the molecule is CC(C)(F)[C@@H](c1cc(F)cc(C#N)c1)C1CN([C@H](c2ccc(Cl)cc2)c2cccc(C#N)c2)C1. The number of rotatable bonds is 6. The molecule has 172 valence electrons. The molecular weight excluding hydrogens is 452 g/mol. The fourth-order valence-corrected chi connectivity index (χ4v) is 5.22. The van der Waals surface area contributed by atoms with Gasteiger partial charge in [-0.3, -0.25) is 4.90 Å². The van der Waals surface area contributed by atoms with Crippen LogP contribution in [-0.2, 0) is 0 Å². The molecule has 2 atom stereocenters. The second kappa shape index (κ2) is 9.55. The summed E-state index contributed by atoms with van der Waals surface area (Å²) in [5.41, 5.74) is 1.64. The Morgan fingerprint density at radius 1 is 0.912 bits per heavy atom. The summed E-state index contributed by atoms with van der Waals surface area (Å²) < 4.78 is 29.6. The highest BCUT2D eigenvalue weighted by atomic mass is 35.5. The highest BCUT2D eigenvalue weighted by molar-refractivity contribution is 6.30. The zero-order valence-corrected chi connectivity index (χ0v) is 19.7. The summed E-state index contributed by atoms with van der Waals surface area (Å²) in [5.74, 6) is -1.17. The van der Waals surface area contributed by atoms with E-state index in [0.29, 0.717) is 29.2 Å². The van der Waals surface area contributed by atoms with E-state index in [2.05, 4.69) is 11.0 Å². The number of nitrogens with zero attached hydrogens (tertiary/aromatic N) is 3. The molecule has 1 saturated heterocycles. The first-order chi connectivity index (χ1) is 16.2. The molecule has 4 rings (SSSR count). The predicted octanol–water partition coefficient (Wildman–Crippen LogP) is 6.78. The first kappa shape index (κ1) is 23.9. The van der Waals surface area contributed by atoms with Crippen LogP contribution in [-0.4, -0.2) is 23.7 Å². The lowest BCUT2D eigenvalue weighted by Crippen LogP contribution is -2.53. The van der Waals surface area contributed by atoms with Crippen LogP contribution in [0.25, 0.3) is 0 Å². The summed E-state index contributed by atoms with van der Waals surface area (Å²) in [6.45, 7) is 4.18. The molecule has 3 aromatic carbocycles.